The van der Waals surface area contributed by atoms with Gasteiger partial charge in [-0.3, -0.25) is 10.1 Å². The molecular weight excluding hydrogens is 282 g/mol. The standard InChI is InChI=1S/C5H4BrNO4S2/c6-4-1-5(12-2-4)13(10,11)3-7(8)9/h1-2H,3H2. The van der Waals surface area contributed by atoms with Crippen LogP contribution in [-0.4, -0.2) is 19.2 Å². The predicted octanol–water partition coefficient (Wildman–Crippen LogP) is 1.52. The maximum Gasteiger partial charge on any atom is 0.306 e. The van der Waals surface area contributed by atoms with Crippen molar-refractivity contribution in [3.05, 3.63) is 26.0 Å². The number of hydrogen-bond donors (Lipinski definition) is 0. The molecule has 0 unspecified atom stereocenters. The molecule has 13 heavy (non-hydrogen) atoms. The van der Waals surface area contributed by atoms with E-state index in [1.165, 1.54) is 6.07 Å². The molecule has 0 aromatic carbocycles. The molecule has 1 rings (SSSR count). The fourth-order valence-electron chi connectivity index (χ4n) is 0.660. The third-order valence-corrected chi connectivity index (χ3v) is 4.94. The fourth-order valence-corrected chi connectivity index (χ4v) is 3.56. The van der Waals surface area contributed by atoms with Crippen molar-refractivity contribution in [1.82, 2.24) is 0 Å². The predicted molar refractivity (Wildman–Crippen MR) is 51.1 cm³/mol. The van der Waals surface area contributed by atoms with Crippen LogP contribution in [0.25, 0.3) is 0 Å². The van der Waals surface area contributed by atoms with Crippen LogP contribution in [-0.2, 0) is 9.84 Å². The van der Waals surface area contributed by atoms with Gasteiger partial charge in [-0.25, -0.2) is 8.42 Å². The van der Waals surface area contributed by atoms with E-state index < -0.39 is 20.6 Å². The number of halogens is 1. The molecule has 1 heterocycles. The van der Waals surface area contributed by atoms with Crippen LogP contribution < -0.4 is 0 Å². The highest BCUT2D eigenvalue weighted by molar-refractivity contribution is 9.10. The smallest absolute Gasteiger partial charge is 0.263 e. The summed E-state index contributed by atoms with van der Waals surface area (Å²) in [7, 11) is -3.75. The summed E-state index contributed by atoms with van der Waals surface area (Å²) in [6.45, 7) is 0. The lowest BCUT2D eigenvalue weighted by molar-refractivity contribution is -0.458. The van der Waals surface area contributed by atoms with Gasteiger partial charge in [-0.05, 0) is 22.0 Å². The van der Waals surface area contributed by atoms with E-state index in [-0.39, 0.29) is 4.21 Å². The first-order valence-electron chi connectivity index (χ1n) is 3.00. The van der Waals surface area contributed by atoms with Crippen LogP contribution in [0.2, 0.25) is 0 Å². The van der Waals surface area contributed by atoms with Crippen molar-refractivity contribution in [2.45, 2.75) is 4.21 Å². The van der Waals surface area contributed by atoms with E-state index >= 15 is 0 Å². The molecule has 0 N–H and O–H groups in total. The van der Waals surface area contributed by atoms with Crippen LogP contribution in [0.1, 0.15) is 0 Å². The Hall–Kier alpha value is -0.470. The summed E-state index contributed by atoms with van der Waals surface area (Å²) in [5.41, 5.74) is 0. The first-order chi connectivity index (χ1) is 5.92. The van der Waals surface area contributed by atoms with Crippen LogP contribution in [0.3, 0.4) is 0 Å². The van der Waals surface area contributed by atoms with Gasteiger partial charge in [-0.15, -0.1) is 11.3 Å². The minimum absolute atomic E-state index is 0.0103. The van der Waals surface area contributed by atoms with E-state index in [2.05, 4.69) is 15.9 Å². The Labute approximate surface area is 86.6 Å². The molecule has 0 amide bonds. The minimum atomic E-state index is -3.75. The van der Waals surface area contributed by atoms with Crippen molar-refractivity contribution in [2.24, 2.45) is 0 Å². The maximum atomic E-state index is 11.2. The van der Waals surface area contributed by atoms with E-state index in [1.807, 2.05) is 0 Å². The van der Waals surface area contributed by atoms with Gasteiger partial charge in [0.25, 0.3) is 9.84 Å². The molecule has 0 saturated carbocycles. The van der Waals surface area contributed by atoms with Gasteiger partial charge in [0.1, 0.15) is 4.21 Å². The Balaban J connectivity index is 3.01. The summed E-state index contributed by atoms with van der Waals surface area (Å²) in [5, 5.41) is 11.6. The molecular formula is C5H4BrNO4S2. The van der Waals surface area contributed by atoms with Crippen molar-refractivity contribution in [3.63, 3.8) is 0 Å². The molecule has 72 valence electrons. The first-order valence-corrected chi connectivity index (χ1v) is 6.33. The highest BCUT2D eigenvalue weighted by Gasteiger charge is 2.22. The van der Waals surface area contributed by atoms with Gasteiger partial charge >= 0.3 is 5.88 Å². The van der Waals surface area contributed by atoms with Gasteiger partial charge in [0.05, 0.1) is 0 Å². The van der Waals surface area contributed by atoms with Gasteiger partial charge in [0.2, 0.25) is 0 Å². The average Bonchev–Trinajstić information content (AvgIpc) is 2.32. The van der Waals surface area contributed by atoms with Crippen molar-refractivity contribution < 1.29 is 13.3 Å². The van der Waals surface area contributed by atoms with Crippen LogP contribution in [0.5, 0.6) is 0 Å². The Bertz CT molecular complexity index is 423. The normalized spacial score (nSPS) is 11.5. The zero-order valence-electron chi connectivity index (χ0n) is 6.14. The summed E-state index contributed by atoms with van der Waals surface area (Å²) in [6.07, 6.45) is 0. The fraction of sp³-hybridized carbons (Fsp3) is 0.200. The summed E-state index contributed by atoms with van der Waals surface area (Å²) in [5.74, 6) is -1.06. The van der Waals surface area contributed by atoms with E-state index in [9.17, 15) is 18.5 Å². The van der Waals surface area contributed by atoms with E-state index in [1.54, 1.807) is 5.38 Å². The van der Waals surface area contributed by atoms with Crippen LogP contribution >= 0.6 is 27.3 Å². The highest BCUT2D eigenvalue weighted by atomic mass is 79.9. The second-order valence-corrected chi connectivity index (χ2v) is 6.17. The number of nitrogens with zero attached hydrogens (tertiary/aromatic N) is 1. The molecule has 0 saturated heterocycles. The SMILES string of the molecule is O=[N+]([O-])CS(=O)(=O)c1cc(Br)cs1. The lowest BCUT2D eigenvalue weighted by Gasteiger charge is -1.93. The summed E-state index contributed by atoms with van der Waals surface area (Å²) < 4.78 is 23.0. The molecule has 5 nitrogen and oxygen atoms in total. The van der Waals surface area contributed by atoms with Gasteiger partial charge < -0.3 is 0 Å². The molecule has 0 atom stereocenters. The zero-order valence-corrected chi connectivity index (χ0v) is 9.36. The van der Waals surface area contributed by atoms with E-state index in [4.69, 9.17) is 0 Å². The number of sulfone groups is 1. The van der Waals surface area contributed by atoms with E-state index in [0.717, 1.165) is 11.3 Å². The third kappa shape index (κ3) is 2.75. The van der Waals surface area contributed by atoms with Gasteiger partial charge in [0.15, 0.2) is 0 Å². The van der Waals surface area contributed by atoms with Gasteiger partial charge in [0, 0.05) is 14.8 Å². The number of hydrogen-bond acceptors (Lipinski definition) is 5. The molecule has 0 aliphatic heterocycles. The number of nitro groups is 1. The number of thiophene rings is 1. The Morgan fingerprint density at radius 3 is 2.62 bits per heavy atom. The molecule has 0 fully saturated rings. The van der Waals surface area contributed by atoms with Gasteiger partial charge in [-0.1, -0.05) is 0 Å². The zero-order chi connectivity index (χ0) is 10.1. The van der Waals surface area contributed by atoms with E-state index in [0.29, 0.717) is 4.47 Å². The van der Waals surface area contributed by atoms with Crippen molar-refractivity contribution >= 4 is 37.1 Å². The Kier molecular flexibility index (Phi) is 3.04. The molecule has 0 aliphatic rings. The monoisotopic (exact) mass is 285 g/mol. The molecule has 0 radical (unpaired) electrons. The number of rotatable bonds is 3. The molecule has 0 spiro atoms. The topological polar surface area (TPSA) is 77.3 Å². The maximum absolute atomic E-state index is 11.2. The second-order valence-electron chi connectivity index (χ2n) is 2.16. The van der Waals surface area contributed by atoms with Gasteiger partial charge in [-0.2, -0.15) is 0 Å². The molecule has 1 aromatic heterocycles. The Morgan fingerprint density at radius 1 is 1.62 bits per heavy atom. The lowest BCUT2D eigenvalue weighted by atomic mass is 10.7. The summed E-state index contributed by atoms with van der Waals surface area (Å²) in [4.78, 5) is 9.16. The molecule has 0 bridgehead atoms. The van der Waals surface area contributed by atoms with Crippen molar-refractivity contribution in [1.29, 1.82) is 0 Å². The average molecular weight is 286 g/mol. The summed E-state index contributed by atoms with van der Waals surface area (Å²) in [6, 6.07) is 1.35. The quantitative estimate of drug-likeness (QED) is 0.623. The van der Waals surface area contributed by atoms with Crippen LogP contribution in [0, 0.1) is 10.1 Å². The van der Waals surface area contributed by atoms with Crippen LogP contribution in [0.4, 0.5) is 0 Å². The third-order valence-electron chi connectivity index (χ3n) is 1.13. The van der Waals surface area contributed by atoms with Crippen LogP contribution in [0.15, 0.2) is 20.1 Å². The Morgan fingerprint density at radius 2 is 2.23 bits per heavy atom. The highest BCUT2D eigenvalue weighted by Crippen LogP contribution is 2.24. The molecule has 1 aromatic rings. The molecule has 8 heteroatoms. The molecule has 0 aliphatic carbocycles. The first kappa shape index (κ1) is 10.6. The lowest BCUT2D eigenvalue weighted by Crippen LogP contribution is -2.13. The summed E-state index contributed by atoms with van der Waals surface area (Å²) >= 11 is 4.03. The van der Waals surface area contributed by atoms with Crippen molar-refractivity contribution in [3.8, 4) is 0 Å². The van der Waals surface area contributed by atoms with Crippen molar-refractivity contribution in [2.75, 3.05) is 5.88 Å². The largest absolute Gasteiger partial charge is 0.306 e. The minimum Gasteiger partial charge on any atom is -0.263 e. The second kappa shape index (κ2) is 3.72.